The van der Waals surface area contributed by atoms with Gasteiger partial charge in [0.1, 0.15) is 0 Å². The van der Waals surface area contributed by atoms with Gasteiger partial charge in [0.15, 0.2) is 0 Å². The highest BCUT2D eigenvalue weighted by atomic mass is 35.5. The van der Waals surface area contributed by atoms with Gasteiger partial charge in [-0.2, -0.15) is 0 Å². The lowest BCUT2D eigenvalue weighted by Gasteiger charge is -2.13. The molecular formula is C13H20ClNO2S2. The van der Waals surface area contributed by atoms with Crippen LogP contribution in [0.4, 0.5) is 0 Å². The number of hydrogen-bond acceptors (Lipinski definition) is 4. The molecule has 108 valence electrons. The van der Waals surface area contributed by atoms with Crippen molar-refractivity contribution < 1.29 is 9.90 Å². The Morgan fingerprint density at radius 3 is 2.84 bits per heavy atom. The molecule has 0 saturated carbocycles. The van der Waals surface area contributed by atoms with E-state index in [1.54, 1.807) is 11.8 Å². The number of nitrogens with one attached hydrogen (secondary N) is 1. The summed E-state index contributed by atoms with van der Waals surface area (Å²) in [7, 11) is 0. The van der Waals surface area contributed by atoms with Crippen molar-refractivity contribution in [1.29, 1.82) is 0 Å². The predicted molar refractivity (Wildman–Crippen MR) is 84.0 cm³/mol. The van der Waals surface area contributed by atoms with Crippen molar-refractivity contribution in [2.75, 3.05) is 12.3 Å². The van der Waals surface area contributed by atoms with Gasteiger partial charge in [-0.25, -0.2) is 0 Å². The third-order valence-electron chi connectivity index (χ3n) is 2.38. The first kappa shape index (κ1) is 16.8. The standard InChI is InChI=1S/C13H20ClNO2S2/c1-9(2)5-10(16)6-15-13(17)8-18-7-11-3-4-12(14)19-11/h3-4,9-10,16H,5-8H2,1-2H3,(H,15,17). The van der Waals surface area contributed by atoms with Gasteiger partial charge in [0.25, 0.3) is 0 Å². The normalized spacial score (nSPS) is 12.7. The smallest absolute Gasteiger partial charge is 0.230 e. The number of thiophene rings is 1. The van der Waals surface area contributed by atoms with Crippen molar-refractivity contribution in [3.63, 3.8) is 0 Å². The monoisotopic (exact) mass is 321 g/mol. The summed E-state index contributed by atoms with van der Waals surface area (Å²) in [6.45, 7) is 4.43. The molecule has 1 amide bonds. The Morgan fingerprint density at radius 1 is 1.53 bits per heavy atom. The van der Waals surface area contributed by atoms with E-state index in [-0.39, 0.29) is 5.91 Å². The summed E-state index contributed by atoms with van der Waals surface area (Å²) in [5, 5.41) is 12.4. The molecule has 0 spiro atoms. The quantitative estimate of drug-likeness (QED) is 0.773. The van der Waals surface area contributed by atoms with Crippen LogP contribution in [0.2, 0.25) is 4.34 Å². The van der Waals surface area contributed by atoms with E-state index in [9.17, 15) is 9.90 Å². The fraction of sp³-hybridized carbons (Fsp3) is 0.615. The van der Waals surface area contributed by atoms with Crippen LogP contribution in [0.15, 0.2) is 12.1 Å². The van der Waals surface area contributed by atoms with Crippen molar-refractivity contribution >= 4 is 40.6 Å². The van der Waals surface area contributed by atoms with Crippen LogP contribution in [0.3, 0.4) is 0 Å². The topological polar surface area (TPSA) is 49.3 Å². The number of carbonyl (C=O) groups excluding carboxylic acids is 1. The summed E-state index contributed by atoms with van der Waals surface area (Å²) in [5.41, 5.74) is 0. The van der Waals surface area contributed by atoms with Gasteiger partial charge < -0.3 is 10.4 Å². The van der Waals surface area contributed by atoms with Gasteiger partial charge in [-0.05, 0) is 24.5 Å². The minimum absolute atomic E-state index is 0.0320. The zero-order valence-electron chi connectivity index (χ0n) is 11.2. The summed E-state index contributed by atoms with van der Waals surface area (Å²) in [6.07, 6.45) is 0.256. The van der Waals surface area contributed by atoms with E-state index in [4.69, 9.17) is 11.6 Å². The Labute approximate surface area is 127 Å². The zero-order valence-corrected chi connectivity index (χ0v) is 13.6. The van der Waals surface area contributed by atoms with Crippen molar-refractivity contribution in [3.05, 3.63) is 21.3 Å². The molecule has 0 saturated heterocycles. The Balaban J connectivity index is 2.11. The second-order valence-electron chi connectivity index (χ2n) is 4.79. The number of amides is 1. The highest BCUT2D eigenvalue weighted by Gasteiger charge is 2.09. The first-order valence-corrected chi connectivity index (χ1v) is 8.59. The molecule has 1 aromatic rings. The average Bonchev–Trinajstić information content (AvgIpc) is 2.71. The molecule has 0 bridgehead atoms. The minimum atomic E-state index is -0.454. The van der Waals surface area contributed by atoms with E-state index < -0.39 is 6.10 Å². The molecule has 0 aromatic carbocycles. The molecule has 1 aromatic heterocycles. The van der Waals surface area contributed by atoms with Crippen LogP contribution < -0.4 is 5.32 Å². The van der Waals surface area contributed by atoms with Gasteiger partial charge >= 0.3 is 0 Å². The first-order valence-electron chi connectivity index (χ1n) is 6.24. The molecule has 1 rings (SSSR count). The Hall–Kier alpha value is -0.230. The van der Waals surface area contributed by atoms with Crippen molar-refractivity contribution in [3.8, 4) is 0 Å². The zero-order chi connectivity index (χ0) is 14.3. The summed E-state index contributed by atoms with van der Waals surface area (Å²) in [6, 6.07) is 3.84. The molecule has 19 heavy (non-hydrogen) atoms. The van der Waals surface area contributed by atoms with Crippen molar-refractivity contribution in [2.24, 2.45) is 5.92 Å². The first-order chi connectivity index (χ1) is 8.97. The third kappa shape index (κ3) is 7.82. The maximum Gasteiger partial charge on any atom is 0.230 e. The summed E-state index contributed by atoms with van der Waals surface area (Å²) in [4.78, 5) is 12.7. The highest BCUT2D eigenvalue weighted by molar-refractivity contribution is 7.99. The number of rotatable bonds is 8. The highest BCUT2D eigenvalue weighted by Crippen LogP contribution is 2.24. The molecule has 0 aliphatic rings. The van der Waals surface area contributed by atoms with E-state index in [1.165, 1.54) is 16.2 Å². The molecule has 3 nitrogen and oxygen atoms in total. The number of halogens is 1. The van der Waals surface area contributed by atoms with E-state index in [0.717, 1.165) is 10.1 Å². The number of aliphatic hydroxyl groups is 1. The van der Waals surface area contributed by atoms with Crippen molar-refractivity contribution in [1.82, 2.24) is 5.32 Å². The van der Waals surface area contributed by atoms with E-state index >= 15 is 0 Å². The van der Waals surface area contributed by atoms with Crippen LogP contribution in [0, 0.1) is 5.92 Å². The second kappa shape index (κ2) is 8.84. The number of thioether (sulfide) groups is 1. The predicted octanol–water partition coefficient (Wildman–Crippen LogP) is 3.16. The summed E-state index contributed by atoms with van der Waals surface area (Å²) in [5.74, 6) is 1.60. The van der Waals surface area contributed by atoms with E-state index in [2.05, 4.69) is 5.32 Å². The van der Waals surface area contributed by atoms with Gasteiger partial charge in [0.05, 0.1) is 16.2 Å². The summed E-state index contributed by atoms with van der Waals surface area (Å²) < 4.78 is 0.775. The second-order valence-corrected chi connectivity index (χ2v) is 7.57. The number of carbonyl (C=O) groups is 1. The van der Waals surface area contributed by atoms with Crippen LogP contribution in [0.1, 0.15) is 25.1 Å². The summed E-state index contributed by atoms with van der Waals surface area (Å²) >= 11 is 8.92. The largest absolute Gasteiger partial charge is 0.391 e. The lowest BCUT2D eigenvalue weighted by Crippen LogP contribution is -2.33. The molecule has 1 atom stereocenters. The SMILES string of the molecule is CC(C)CC(O)CNC(=O)CSCc1ccc(Cl)s1. The third-order valence-corrected chi connectivity index (χ3v) is 4.78. The van der Waals surface area contributed by atoms with Crippen LogP contribution in [-0.2, 0) is 10.5 Å². The molecule has 0 radical (unpaired) electrons. The maximum atomic E-state index is 11.6. The molecule has 1 heterocycles. The molecule has 1 unspecified atom stereocenters. The molecule has 0 aliphatic heterocycles. The Kier molecular flexibility index (Phi) is 7.83. The molecular weight excluding hydrogens is 302 g/mol. The molecule has 6 heteroatoms. The van der Waals surface area contributed by atoms with Crippen LogP contribution >= 0.6 is 34.7 Å². The fourth-order valence-electron chi connectivity index (χ4n) is 1.58. The van der Waals surface area contributed by atoms with Gasteiger partial charge in [-0.1, -0.05) is 25.4 Å². The van der Waals surface area contributed by atoms with Gasteiger partial charge in [-0.3, -0.25) is 4.79 Å². The van der Waals surface area contributed by atoms with E-state index in [1.807, 2.05) is 26.0 Å². The van der Waals surface area contributed by atoms with E-state index in [0.29, 0.717) is 24.6 Å². The van der Waals surface area contributed by atoms with Crippen LogP contribution in [0.5, 0.6) is 0 Å². The van der Waals surface area contributed by atoms with Gasteiger partial charge in [0, 0.05) is 17.2 Å². The molecule has 0 fully saturated rings. The molecule has 0 aliphatic carbocycles. The average molecular weight is 322 g/mol. The van der Waals surface area contributed by atoms with Crippen molar-refractivity contribution in [2.45, 2.75) is 32.1 Å². The van der Waals surface area contributed by atoms with Gasteiger partial charge in [0.2, 0.25) is 5.91 Å². The Bertz CT molecular complexity index is 396. The number of aliphatic hydroxyl groups excluding tert-OH is 1. The van der Waals surface area contributed by atoms with Crippen LogP contribution in [0.25, 0.3) is 0 Å². The lowest BCUT2D eigenvalue weighted by atomic mass is 10.1. The van der Waals surface area contributed by atoms with Crippen LogP contribution in [-0.4, -0.2) is 29.4 Å². The fourth-order valence-corrected chi connectivity index (χ4v) is 3.64. The van der Waals surface area contributed by atoms with Gasteiger partial charge in [-0.15, -0.1) is 23.1 Å². The molecule has 2 N–H and O–H groups in total. The lowest BCUT2D eigenvalue weighted by molar-refractivity contribution is -0.119. The maximum absolute atomic E-state index is 11.6. The Morgan fingerprint density at radius 2 is 2.26 bits per heavy atom. The minimum Gasteiger partial charge on any atom is -0.391 e. The number of hydrogen-bond donors (Lipinski definition) is 2.